The van der Waals surface area contributed by atoms with E-state index in [0.717, 1.165) is 19.5 Å². The number of rotatable bonds is 0. The molecule has 2 rings (SSSR count). The zero-order chi connectivity index (χ0) is 7.84. The van der Waals surface area contributed by atoms with Crippen LogP contribution in [-0.2, 0) is 13.0 Å². The van der Waals surface area contributed by atoms with E-state index < -0.39 is 0 Å². The summed E-state index contributed by atoms with van der Waals surface area (Å²) in [6.45, 7) is 4.05. The summed E-state index contributed by atoms with van der Waals surface area (Å²) in [6, 6.07) is 0. The van der Waals surface area contributed by atoms with Crippen molar-refractivity contribution in [3.8, 4) is 0 Å². The minimum absolute atomic E-state index is 0.962. The minimum Gasteiger partial charge on any atom is -0.248 e. The van der Waals surface area contributed by atoms with Crippen molar-refractivity contribution in [2.45, 2.75) is 19.9 Å². The Bertz CT molecular complexity index is 269. The van der Waals surface area contributed by atoms with Gasteiger partial charge in [0.1, 0.15) is 0 Å². The predicted octanol–water partition coefficient (Wildman–Crippen LogP) is 1.65. The first-order chi connectivity index (χ1) is 5.25. The smallest absolute Gasteiger partial charge is 0.0900 e. The molecule has 0 unspecified atom stereocenters. The number of aromatic nitrogens is 1. The fourth-order valence-electron chi connectivity index (χ4n) is 1.31. The molecule has 0 fully saturated rings. The summed E-state index contributed by atoms with van der Waals surface area (Å²) in [5.74, 6) is 0. The monoisotopic (exact) mass is 186 g/mol. The lowest BCUT2D eigenvalue weighted by Gasteiger charge is -2.19. The lowest BCUT2D eigenvalue weighted by Crippen LogP contribution is -2.21. The second-order valence-electron chi connectivity index (χ2n) is 2.74. The van der Waals surface area contributed by atoms with Gasteiger partial charge in [0.25, 0.3) is 0 Å². The molecule has 2 nitrogen and oxygen atoms in total. The van der Waals surface area contributed by atoms with E-state index in [-0.39, 0.29) is 0 Å². The third-order valence-electron chi connectivity index (χ3n) is 1.82. The van der Waals surface area contributed by atoms with Gasteiger partial charge in [-0.1, -0.05) is 12.8 Å². The van der Waals surface area contributed by atoms with Crippen LogP contribution in [0.5, 0.6) is 0 Å². The summed E-state index contributed by atoms with van der Waals surface area (Å²) >= 11 is 6.10. The number of aryl methyl sites for hydroxylation is 1. The first-order valence-electron chi connectivity index (χ1n) is 3.65. The Kier molecular flexibility index (Phi) is 1.91. The molecule has 0 radical (unpaired) electrons. The molecular formula is C7H10N2S2. The molecule has 4 heteroatoms. The van der Waals surface area contributed by atoms with Crippen molar-refractivity contribution in [2.24, 2.45) is 0 Å². The maximum atomic E-state index is 4.44. The van der Waals surface area contributed by atoms with E-state index in [9.17, 15) is 0 Å². The number of thiazole rings is 1. The summed E-state index contributed by atoms with van der Waals surface area (Å²) in [5.41, 5.74) is 1.29. The van der Waals surface area contributed by atoms with E-state index in [1.54, 1.807) is 11.3 Å². The Labute approximate surface area is 75.8 Å². The highest BCUT2D eigenvalue weighted by atomic mass is 32.1. The second kappa shape index (κ2) is 2.77. The first kappa shape index (κ1) is 7.58. The minimum atomic E-state index is 0.962. The molecule has 0 spiro atoms. The van der Waals surface area contributed by atoms with Gasteiger partial charge in [-0.3, -0.25) is 0 Å². The molecule has 2 heterocycles. The molecule has 0 N–H and O–H groups in total. The molecule has 0 atom stereocenters. The zero-order valence-electron chi connectivity index (χ0n) is 6.37. The van der Waals surface area contributed by atoms with Crippen molar-refractivity contribution >= 4 is 24.2 Å². The second-order valence-corrected chi connectivity index (χ2v) is 4.59. The maximum absolute atomic E-state index is 4.44. The van der Waals surface area contributed by atoms with Gasteiger partial charge in [-0.05, 0) is 6.92 Å². The Balaban J connectivity index is 2.34. The van der Waals surface area contributed by atoms with Crippen LogP contribution in [0, 0.1) is 6.92 Å². The molecular weight excluding hydrogens is 176 g/mol. The Hall–Kier alpha value is -0.0600. The average molecular weight is 186 g/mol. The molecule has 0 saturated carbocycles. The van der Waals surface area contributed by atoms with Crippen LogP contribution in [0.3, 0.4) is 0 Å². The SMILES string of the molecule is Cc1nc2c(s1)CN(S)CC2. The lowest BCUT2D eigenvalue weighted by molar-refractivity contribution is 0.452. The highest BCUT2D eigenvalue weighted by Gasteiger charge is 2.16. The molecule has 0 bridgehead atoms. The van der Waals surface area contributed by atoms with Gasteiger partial charge < -0.3 is 0 Å². The number of hydrogen-bond acceptors (Lipinski definition) is 4. The van der Waals surface area contributed by atoms with Crippen LogP contribution in [0.4, 0.5) is 0 Å². The summed E-state index contributed by atoms with van der Waals surface area (Å²) < 4.78 is 2.04. The van der Waals surface area contributed by atoms with Crippen LogP contribution in [0.1, 0.15) is 15.6 Å². The van der Waals surface area contributed by atoms with Crippen LogP contribution in [0.15, 0.2) is 0 Å². The van der Waals surface area contributed by atoms with Crippen molar-refractivity contribution in [3.63, 3.8) is 0 Å². The molecule has 1 aliphatic heterocycles. The molecule has 0 aliphatic carbocycles. The predicted molar refractivity (Wildman–Crippen MR) is 50.0 cm³/mol. The summed E-state index contributed by atoms with van der Waals surface area (Å²) in [5, 5.41) is 1.18. The maximum Gasteiger partial charge on any atom is 0.0900 e. The van der Waals surface area contributed by atoms with Crippen LogP contribution in [0.25, 0.3) is 0 Å². The summed E-state index contributed by atoms with van der Waals surface area (Å²) in [6.07, 6.45) is 1.06. The van der Waals surface area contributed by atoms with Gasteiger partial charge in [-0.15, -0.1) is 11.3 Å². The van der Waals surface area contributed by atoms with Crippen molar-refractivity contribution in [1.82, 2.24) is 9.29 Å². The molecule has 1 aromatic heterocycles. The van der Waals surface area contributed by atoms with Crippen LogP contribution in [0.2, 0.25) is 0 Å². The van der Waals surface area contributed by atoms with Gasteiger partial charge in [0.15, 0.2) is 0 Å². The van der Waals surface area contributed by atoms with Gasteiger partial charge in [0.2, 0.25) is 0 Å². The molecule has 0 aromatic carbocycles. The number of fused-ring (bicyclic) bond motifs is 1. The number of thiol groups is 1. The van der Waals surface area contributed by atoms with Gasteiger partial charge in [-0.2, -0.15) is 0 Å². The quantitative estimate of drug-likeness (QED) is 0.620. The lowest BCUT2D eigenvalue weighted by atomic mass is 10.2. The highest BCUT2D eigenvalue weighted by Crippen LogP contribution is 2.24. The van der Waals surface area contributed by atoms with Gasteiger partial charge in [0, 0.05) is 24.4 Å². The third-order valence-corrected chi connectivity index (χ3v) is 3.16. The fourth-order valence-corrected chi connectivity index (χ4v) is 2.65. The van der Waals surface area contributed by atoms with E-state index in [2.05, 4.69) is 24.7 Å². The van der Waals surface area contributed by atoms with Crippen molar-refractivity contribution < 1.29 is 0 Å². The van der Waals surface area contributed by atoms with Crippen LogP contribution >= 0.6 is 24.2 Å². The molecule has 1 aromatic rings. The fraction of sp³-hybridized carbons (Fsp3) is 0.571. The van der Waals surface area contributed by atoms with Crippen molar-refractivity contribution in [3.05, 3.63) is 15.6 Å². The van der Waals surface area contributed by atoms with Gasteiger partial charge in [0.05, 0.1) is 10.7 Å². The third kappa shape index (κ3) is 1.43. The van der Waals surface area contributed by atoms with Crippen LogP contribution in [-0.4, -0.2) is 15.8 Å². The first-order valence-corrected chi connectivity index (χ1v) is 4.86. The van der Waals surface area contributed by atoms with Crippen molar-refractivity contribution in [1.29, 1.82) is 0 Å². The average Bonchev–Trinajstić information content (AvgIpc) is 2.27. The van der Waals surface area contributed by atoms with E-state index in [1.807, 2.05) is 4.31 Å². The Morgan fingerprint density at radius 2 is 2.45 bits per heavy atom. The van der Waals surface area contributed by atoms with E-state index in [4.69, 9.17) is 0 Å². The summed E-state index contributed by atoms with van der Waals surface area (Å²) in [7, 11) is 0. The van der Waals surface area contributed by atoms with E-state index in [1.165, 1.54) is 15.6 Å². The number of hydrogen-bond donors (Lipinski definition) is 1. The Morgan fingerprint density at radius 3 is 3.27 bits per heavy atom. The zero-order valence-corrected chi connectivity index (χ0v) is 8.08. The van der Waals surface area contributed by atoms with Crippen LogP contribution < -0.4 is 0 Å². The molecule has 11 heavy (non-hydrogen) atoms. The van der Waals surface area contributed by atoms with Crippen molar-refractivity contribution in [2.75, 3.05) is 6.54 Å². The normalized spacial score (nSPS) is 18.4. The van der Waals surface area contributed by atoms with E-state index >= 15 is 0 Å². The standard InChI is InChI=1S/C7H10N2S2/c1-5-8-6-2-3-9(10)4-7(6)11-5/h10H,2-4H2,1H3. The largest absolute Gasteiger partial charge is 0.248 e. The topological polar surface area (TPSA) is 16.1 Å². The Morgan fingerprint density at radius 1 is 1.64 bits per heavy atom. The molecule has 60 valence electrons. The highest BCUT2D eigenvalue weighted by molar-refractivity contribution is 7.77. The van der Waals surface area contributed by atoms with E-state index in [0.29, 0.717) is 0 Å². The van der Waals surface area contributed by atoms with Gasteiger partial charge >= 0.3 is 0 Å². The summed E-state index contributed by atoms with van der Waals surface area (Å²) in [4.78, 5) is 5.84. The molecule has 0 saturated heterocycles. The van der Waals surface area contributed by atoms with Gasteiger partial charge in [-0.25, -0.2) is 9.29 Å². The number of nitrogens with zero attached hydrogens (tertiary/aromatic N) is 2. The molecule has 1 aliphatic rings. The molecule has 0 amide bonds.